The summed E-state index contributed by atoms with van der Waals surface area (Å²) in [5.74, 6) is 0.993. The fourth-order valence-electron chi connectivity index (χ4n) is 0.748. The van der Waals surface area contributed by atoms with Crippen LogP contribution in [0.2, 0.25) is 0 Å². The first-order valence-corrected chi connectivity index (χ1v) is 6.66. The molecule has 1 N–H and O–H groups in total. The highest BCUT2D eigenvalue weighted by atomic mass is 32.2. The highest BCUT2D eigenvalue weighted by Gasteiger charge is 1.88. The Morgan fingerprint density at radius 3 is 2.54 bits per heavy atom. The van der Waals surface area contributed by atoms with Gasteiger partial charge >= 0.3 is 0 Å². The SMILES string of the molecule is C=C(/C=C\C(=C/C)NSC)CSC. The first-order valence-electron chi connectivity index (χ1n) is 4.04. The van der Waals surface area contributed by atoms with E-state index in [2.05, 4.69) is 29.7 Å². The molecule has 0 fully saturated rings. The molecular formula is C10H17NS2. The summed E-state index contributed by atoms with van der Waals surface area (Å²) < 4.78 is 3.17. The van der Waals surface area contributed by atoms with Gasteiger partial charge in [0.2, 0.25) is 0 Å². The van der Waals surface area contributed by atoms with E-state index in [-0.39, 0.29) is 0 Å². The van der Waals surface area contributed by atoms with E-state index in [4.69, 9.17) is 0 Å². The van der Waals surface area contributed by atoms with Crippen molar-refractivity contribution < 1.29 is 0 Å². The number of hydrogen-bond acceptors (Lipinski definition) is 3. The molecule has 0 aliphatic rings. The molecule has 13 heavy (non-hydrogen) atoms. The van der Waals surface area contributed by atoms with E-state index < -0.39 is 0 Å². The lowest BCUT2D eigenvalue weighted by molar-refractivity contribution is 1.27. The molecule has 1 nitrogen and oxygen atoms in total. The maximum atomic E-state index is 3.94. The van der Waals surface area contributed by atoms with Crippen LogP contribution in [0.15, 0.2) is 36.1 Å². The molecule has 0 spiro atoms. The molecule has 74 valence electrons. The molecule has 0 rings (SSSR count). The molecule has 0 atom stereocenters. The molecule has 0 aromatic rings. The third kappa shape index (κ3) is 6.84. The third-order valence-electron chi connectivity index (χ3n) is 1.36. The fraction of sp³-hybridized carbons (Fsp3) is 0.400. The maximum Gasteiger partial charge on any atom is 0.0397 e. The van der Waals surface area contributed by atoms with Crippen molar-refractivity contribution in [1.82, 2.24) is 4.72 Å². The highest BCUT2D eigenvalue weighted by Crippen LogP contribution is 2.05. The van der Waals surface area contributed by atoms with Gasteiger partial charge in [0.15, 0.2) is 0 Å². The maximum absolute atomic E-state index is 3.94. The fourth-order valence-corrected chi connectivity index (χ4v) is 1.64. The predicted molar refractivity (Wildman–Crippen MR) is 67.1 cm³/mol. The van der Waals surface area contributed by atoms with Crippen LogP contribution < -0.4 is 4.72 Å². The van der Waals surface area contributed by atoms with Gasteiger partial charge in [-0.25, -0.2) is 0 Å². The number of rotatable bonds is 6. The first-order chi connectivity index (χ1) is 6.24. The molecule has 0 unspecified atom stereocenters. The van der Waals surface area contributed by atoms with Gasteiger partial charge in [-0.1, -0.05) is 30.7 Å². The van der Waals surface area contributed by atoms with Crippen molar-refractivity contribution in [3.05, 3.63) is 36.1 Å². The molecule has 0 bridgehead atoms. The molecule has 0 aliphatic heterocycles. The summed E-state index contributed by atoms with van der Waals surface area (Å²) in [5.41, 5.74) is 2.27. The lowest BCUT2D eigenvalue weighted by Crippen LogP contribution is -1.98. The van der Waals surface area contributed by atoms with Crippen LogP contribution in [-0.2, 0) is 0 Å². The minimum atomic E-state index is 0.993. The van der Waals surface area contributed by atoms with Gasteiger partial charge in [-0.2, -0.15) is 11.8 Å². The quantitative estimate of drug-likeness (QED) is 0.539. The van der Waals surface area contributed by atoms with Gasteiger partial charge in [0.25, 0.3) is 0 Å². The van der Waals surface area contributed by atoms with Gasteiger partial charge in [0, 0.05) is 17.7 Å². The molecule has 0 amide bonds. The number of nitrogens with one attached hydrogen (secondary N) is 1. The van der Waals surface area contributed by atoms with Crippen molar-refractivity contribution in [3.63, 3.8) is 0 Å². The van der Waals surface area contributed by atoms with Crippen LogP contribution >= 0.6 is 23.7 Å². The number of allylic oxidation sites excluding steroid dienone is 3. The predicted octanol–water partition coefficient (Wildman–Crippen LogP) is 3.23. The van der Waals surface area contributed by atoms with E-state index >= 15 is 0 Å². The second-order valence-corrected chi connectivity index (χ2v) is 3.95. The topological polar surface area (TPSA) is 12.0 Å². The van der Waals surface area contributed by atoms with Gasteiger partial charge < -0.3 is 4.72 Å². The Hall–Kier alpha value is -0.280. The Balaban J connectivity index is 4.00. The molecular weight excluding hydrogens is 198 g/mol. The molecule has 0 heterocycles. The highest BCUT2D eigenvalue weighted by molar-refractivity contribution is 7.98. The van der Waals surface area contributed by atoms with E-state index in [0.717, 1.165) is 17.0 Å². The largest absolute Gasteiger partial charge is 0.330 e. The molecule has 0 radical (unpaired) electrons. The normalized spacial score (nSPS) is 12.1. The van der Waals surface area contributed by atoms with E-state index in [9.17, 15) is 0 Å². The van der Waals surface area contributed by atoms with Crippen molar-refractivity contribution in [2.24, 2.45) is 0 Å². The van der Waals surface area contributed by atoms with Gasteiger partial charge in [-0.15, -0.1) is 0 Å². The van der Waals surface area contributed by atoms with Crippen molar-refractivity contribution in [2.75, 3.05) is 18.3 Å². The Morgan fingerprint density at radius 2 is 2.08 bits per heavy atom. The summed E-state index contributed by atoms with van der Waals surface area (Å²) in [6.07, 6.45) is 10.2. The summed E-state index contributed by atoms with van der Waals surface area (Å²) in [4.78, 5) is 0. The summed E-state index contributed by atoms with van der Waals surface area (Å²) in [6, 6.07) is 0. The van der Waals surface area contributed by atoms with E-state index in [1.54, 1.807) is 23.7 Å². The van der Waals surface area contributed by atoms with E-state index in [0.29, 0.717) is 0 Å². The zero-order valence-electron chi connectivity index (χ0n) is 8.46. The van der Waals surface area contributed by atoms with Crippen LogP contribution in [0.25, 0.3) is 0 Å². The number of thioether (sulfide) groups is 1. The molecule has 0 saturated carbocycles. The Morgan fingerprint density at radius 1 is 1.38 bits per heavy atom. The lowest BCUT2D eigenvalue weighted by atomic mass is 10.3. The van der Waals surface area contributed by atoms with E-state index in [1.807, 2.05) is 19.3 Å². The minimum absolute atomic E-state index is 0.993. The van der Waals surface area contributed by atoms with Crippen LogP contribution in [0.4, 0.5) is 0 Å². The molecule has 0 aliphatic carbocycles. The summed E-state index contributed by atoms with van der Waals surface area (Å²) in [5, 5.41) is 0. The minimum Gasteiger partial charge on any atom is -0.330 e. The Bertz CT molecular complexity index is 207. The van der Waals surface area contributed by atoms with Crippen molar-refractivity contribution in [2.45, 2.75) is 6.92 Å². The average molecular weight is 215 g/mol. The molecule has 0 saturated heterocycles. The van der Waals surface area contributed by atoms with Crippen LogP contribution in [0.3, 0.4) is 0 Å². The van der Waals surface area contributed by atoms with Gasteiger partial charge in [-0.05, 0) is 24.8 Å². The molecule has 3 heteroatoms. The van der Waals surface area contributed by atoms with Crippen LogP contribution in [0.1, 0.15) is 6.92 Å². The van der Waals surface area contributed by atoms with Crippen molar-refractivity contribution >= 4 is 23.7 Å². The van der Waals surface area contributed by atoms with Gasteiger partial charge in [0.05, 0.1) is 0 Å². The third-order valence-corrected chi connectivity index (χ3v) is 2.46. The van der Waals surface area contributed by atoms with Gasteiger partial charge in [-0.3, -0.25) is 0 Å². The summed E-state index contributed by atoms with van der Waals surface area (Å²) in [6.45, 7) is 5.96. The Labute approximate surface area is 89.9 Å². The lowest BCUT2D eigenvalue weighted by Gasteiger charge is -2.01. The zero-order chi connectivity index (χ0) is 10.1. The summed E-state index contributed by atoms with van der Waals surface area (Å²) >= 11 is 3.38. The number of hydrogen-bond donors (Lipinski definition) is 1. The van der Waals surface area contributed by atoms with E-state index in [1.165, 1.54) is 0 Å². The monoisotopic (exact) mass is 215 g/mol. The van der Waals surface area contributed by atoms with Crippen molar-refractivity contribution in [3.8, 4) is 0 Å². The average Bonchev–Trinajstić information content (AvgIpc) is 2.12. The second kappa shape index (κ2) is 8.32. The van der Waals surface area contributed by atoms with Crippen molar-refractivity contribution in [1.29, 1.82) is 0 Å². The smallest absolute Gasteiger partial charge is 0.0397 e. The zero-order valence-corrected chi connectivity index (χ0v) is 10.1. The van der Waals surface area contributed by atoms with Crippen LogP contribution in [0, 0.1) is 0 Å². The first kappa shape index (κ1) is 12.7. The standard InChI is InChI=1S/C10H17NS2/c1-5-10(11-13-4)7-6-9(2)8-12-3/h5-7,11H,2,8H2,1,3-4H3/b7-6-,10-5+. The summed E-state index contributed by atoms with van der Waals surface area (Å²) in [7, 11) is 0. The van der Waals surface area contributed by atoms with Gasteiger partial charge in [0.1, 0.15) is 0 Å². The van der Waals surface area contributed by atoms with Crippen LogP contribution in [0.5, 0.6) is 0 Å². The second-order valence-electron chi connectivity index (χ2n) is 2.47. The Kier molecular flexibility index (Phi) is 8.14. The van der Waals surface area contributed by atoms with Crippen LogP contribution in [-0.4, -0.2) is 18.3 Å². The molecule has 0 aromatic heterocycles. The molecule has 0 aromatic carbocycles.